The van der Waals surface area contributed by atoms with Gasteiger partial charge in [0.15, 0.2) is 0 Å². The van der Waals surface area contributed by atoms with Crippen molar-refractivity contribution in [2.24, 2.45) is 0 Å². The van der Waals surface area contributed by atoms with Gasteiger partial charge in [-0.25, -0.2) is 0 Å². The molecule has 0 saturated carbocycles. The van der Waals surface area contributed by atoms with E-state index in [1.807, 2.05) is 13.8 Å². The van der Waals surface area contributed by atoms with E-state index in [4.69, 9.17) is 0 Å². The zero-order valence-electron chi connectivity index (χ0n) is 7.48. The summed E-state index contributed by atoms with van der Waals surface area (Å²) < 4.78 is 0. The van der Waals surface area contributed by atoms with Crippen molar-refractivity contribution >= 4 is 0 Å². The number of hydrogen-bond acceptors (Lipinski definition) is 1. The average molecular weight is 167 g/mol. The van der Waals surface area contributed by atoms with Crippen LogP contribution in [0.25, 0.3) is 0 Å². The van der Waals surface area contributed by atoms with Crippen LogP contribution in [0.15, 0.2) is 23.3 Å². The van der Waals surface area contributed by atoms with Crippen molar-refractivity contribution in [1.82, 2.24) is 5.32 Å². The maximum atomic E-state index is 3.34. The Labute approximate surface area is 76.6 Å². The van der Waals surface area contributed by atoms with Gasteiger partial charge in [-0.3, -0.25) is 0 Å². The molecule has 1 heterocycles. The van der Waals surface area contributed by atoms with Crippen LogP contribution in [-0.2, 0) is 0 Å². The van der Waals surface area contributed by atoms with Crippen molar-refractivity contribution in [3.8, 4) is 0 Å². The van der Waals surface area contributed by atoms with E-state index in [1.165, 1.54) is 12.8 Å². The average Bonchev–Trinajstić information content (AvgIpc) is 2.55. The van der Waals surface area contributed by atoms with Gasteiger partial charge in [0.05, 0.1) is 0 Å². The van der Waals surface area contributed by atoms with Crippen LogP contribution in [-0.4, -0.2) is 13.1 Å². The smallest absolute Gasteiger partial charge is 0.0208 e. The van der Waals surface area contributed by atoms with Crippen LogP contribution in [0.4, 0.5) is 0 Å². The number of allylic oxidation sites excluding steroid dienone is 1. The Kier molecular flexibility index (Phi) is 5.73. The Morgan fingerprint density at radius 1 is 1.25 bits per heavy atom. The minimum atomic E-state index is 0. The van der Waals surface area contributed by atoms with E-state index in [9.17, 15) is 0 Å². The van der Waals surface area contributed by atoms with Crippen LogP contribution in [0.3, 0.4) is 0 Å². The summed E-state index contributed by atoms with van der Waals surface area (Å²) in [6.07, 6.45) is 7.07. The van der Waals surface area contributed by atoms with Crippen molar-refractivity contribution in [1.29, 1.82) is 0 Å². The summed E-state index contributed by atoms with van der Waals surface area (Å²) in [5, 5.41) is 3.34. The highest BCUT2D eigenvalue weighted by atomic mass is 14.9. The van der Waals surface area contributed by atoms with Crippen molar-refractivity contribution in [2.75, 3.05) is 13.1 Å². The zero-order valence-corrected chi connectivity index (χ0v) is 7.48. The Balaban J connectivity index is 0.000000378. The minimum Gasteiger partial charge on any atom is -0.309 e. The zero-order chi connectivity index (χ0) is 8.10. The van der Waals surface area contributed by atoms with Gasteiger partial charge in [0.1, 0.15) is 0 Å². The lowest BCUT2D eigenvalue weighted by Crippen LogP contribution is -2.08. The monoisotopic (exact) mass is 167 g/mol. The molecule has 0 spiro atoms. The lowest BCUT2D eigenvalue weighted by Gasteiger charge is -2.04. The van der Waals surface area contributed by atoms with Gasteiger partial charge < -0.3 is 5.32 Å². The fourth-order valence-electron chi connectivity index (χ4n) is 1.50. The standard InChI is InChI=1S/C8H11N.C2H6.CH4/c1-2-4-8-6-9-5-7(8)3-1;1-2;/h1,3,9H,2,4-6H2;1-2H3;1H4. The molecule has 2 rings (SSSR count). The first-order valence-electron chi connectivity index (χ1n) is 4.55. The largest absolute Gasteiger partial charge is 0.309 e. The fourth-order valence-corrected chi connectivity index (χ4v) is 1.50. The van der Waals surface area contributed by atoms with E-state index in [2.05, 4.69) is 17.5 Å². The van der Waals surface area contributed by atoms with E-state index < -0.39 is 0 Å². The predicted molar refractivity (Wildman–Crippen MR) is 56.3 cm³/mol. The van der Waals surface area contributed by atoms with Gasteiger partial charge in [-0.1, -0.05) is 39.0 Å². The van der Waals surface area contributed by atoms with E-state index in [-0.39, 0.29) is 7.43 Å². The highest BCUT2D eigenvalue weighted by Gasteiger charge is 2.12. The number of nitrogens with one attached hydrogen (secondary N) is 1. The molecule has 12 heavy (non-hydrogen) atoms. The van der Waals surface area contributed by atoms with Gasteiger partial charge in [-0.05, 0) is 18.4 Å². The Morgan fingerprint density at radius 3 is 2.67 bits per heavy atom. The highest BCUT2D eigenvalue weighted by Crippen LogP contribution is 2.20. The van der Waals surface area contributed by atoms with Gasteiger partial charge in [0.25, 0.3) is 0 Å². The fraction of sp³-hybridized carbons (Fsp3) is 0.636. The SMILES string of the molecule is C.C1=CC2=C(CC1)CNC2.CC. The van der Waals surface area contributed by atoms with Gasteiger partial charge in [-0.2, -0.15) is 0 Å². The van der Waals surface area contributed by atoms with E-state index in [0.29, 0.717) is 0 Å². The van der Waals surface area contributed by atoms with Crippen LogP contribution in [0, 0.1) is 0 Å². The maximum absolute atomic E-state index is 3.34. The van der Waals surface area contributed by atoms with E-state index in [1.54, 1.807) is 11.1 Å². The molecule has 0 aromatic rings. The molecule has 0 unspecified atom stereocenters. The first-order valence-corrected chi connectivity index (χ1v) is 4.55. The van der Waals surface area contributed by atoms with Crippen molar-refractivity contribution < 1.29 is 0 Å². The Morgan fingerprint density at radius 2 is 2.00 bits per heavy atom. The summed E-state index contributed by atoms with van der Waals surface area (Å²) >= 11 is 0. The van der Waals surface area contributed by atoms with Crippen LogP contribution >= 0.6 is 0 Å². The van der Waals surface area contributed by atoms with Crippen LogP contribution in [0.1, 0.15) is 34.1 Å². The number of rotatable bonds is 0. The molecule has 0 saturated heterocycles. The number of hydrogen-bond donors (Lipinski definition) is 1. The van der Waals surface area contributed by atoms with E-state index in [0.717, 1.165) is 13.1 Å². The molecular weight excluding hydrogens is 146 g/mol. The highest BCUT2D eigenvalue weighted by molar-refractivity contribution is 5.34. The first-order chi connectivity index (χ1) is 5.47. The van der Waals surface area contributed by atoms with Gasteiger partial charge in [0, 0.05) is 13.1 Å². The summed E-state index contributed by atoms with van der Waals surface area (Å²) in [5.74, 6) is 0. The third-order valence-corrected chi connectivity index (χ3v) is 2.04. The third-order valence-electron chi connectivity index (χ3n) is 2.04. The summed E-state index contributed by atoms with van der Waals surface area (Å²) in [6.45, 7) is 6.24. The molecule has 0 aromatic heterocycles. The second-order valence-electron chi connectivity index (χ2n) is 2.67. The summed E-state index contributed by atoms with van der Waals surface area (Å²) in [6, 6.07) is 0. The molecule has 0 aromatic carbocycles. The molecule has 0 radical (unpaired) electrons. The first kappa shape index (κ1) is 11.4. The minimum absolute atomic E-state index is 0. The molecule has 0 amide bonds. The molecule has 2 aliphatic rings. The second-order valence-corrected chi connectivity index (χ2v) is 2.67. The molecule has 1 aliphatic heterocycles. The molecule has 0 bridgehead atoms. The van der Waals surface area contributed by atoms with E-state index >= 15 is 0 Å². The Hall–Kier alpha value is -0.560. The predicted octanol–water partition coefficient (Wildman–Crippen LogP) is 2.90. The van der Waals surface area contributed by atoms with Crippen molar-refractivity contribution in [3.05, 3.63) is 23.3 Å². The summed E-state index contributed by atoms with van der Waals surface area (Å²) in [7, 11) is 0. The molecule has 0 fully saturated rings. The van der Waals surface area contributed by atoms with Crippen LogP contribution in [0.2, 0.25) is 0 Å². The lowest BCUT2D eigenvalue weighted by atomic mass is 10.0. The molecule has 1 nitrogen and oxygen atoms in total. The topological polar surface area (TPSA) is 12.0 Å². The lowest BCUT2D eigenvalue weighted by molar-refractivity contribution is 0.843. The summed E-state index contributed by atoms with van der Waals surface area (Å²) in [5.41, 5.74) is 3.18. The quantitative estimate of drug-likeness (QED) is 0.585. The van der Waals surface area contributed by atoms with Crippen LogP contribution < -0.4 is 5.32 Å². The Bertz CT molecular complexity index is 177. The van der Waals surface area contributed by atoms with Gasteiger partial charge in [0.2, 0.25) is 0 Å². The molecule has 1 heteroatoms. The molecule has 1 aliphatic carbocycles. The second kappa shape index (κ2) is 6.01. The molecule has 1 N–H and O–H groups in total. The van der Waals surface area contributed by atoms with Crippen molar-refractivity contribution in [3.63, 3.8) is 0 Å². The molecular formula is C11H21N. The van der Waals surface area contributed by atoms with Crippen LogP contribution in [0.5, 0.6) is 0 Å². The molecule has 70 valence electrons. The third kappa shape index (κ3) is 2.49. The van der Waals surface area contributed by atoms with Gasteiger partial charge >= 0.3 is 0 Å². The van der Waals surface area contributed by atoms with Gasteiger partial charge in [-0.15, -0.1) is 0 Å². The van der Waals surface area contributed by atoms with Crippen molar-refractivity contribution in [2.45, 2.75) is 34.1 Å². The molecule has 0 atom stereocenters. The summed E-state index contributed by atoms with van der Waals surface area (Å²) in [4.78, 5) is 0. The maximum Gasteiger partial charge on any atom is 0.0208 e. The normalized spacial score (nSPS) is 19.2.